The fourth-order valence-electron chi connectivity index (χ4n) is 3.82. The predicted molar refractivity (Wildman–Crippen MR) is 203 cm³/mol. The number of carbonyl (C=O) groups excluding carboxylic acids is 3. The Kier molecular flexibility index (Phi) is 35.1. The molecule has 2 aliphatic rings. The SMILES string of the molecule is CC.CC.CC.CC(=O)N1CCN(C)CC1.CC(C)O.CC(O)CCNC=O.CO.Cc1cc(C)c(/C=C2\C(=O)Nc3ccc(F)cc32)[nH]1. The number of halogens is 1. The average Bonchev–Trinajstić information content (AvgIpc) is 3.57. The van der Waals surface area contributed by atoms with E-state index in [1.165, 1.54) is 12.1 Å². The largest absolute Gasteiger partial charge is 0.400 e. The summed E-state index contributed by atoms with van der Waals surface area (Å²) in [5.74, 6) is -0.346. The lowest BCUT2D eigenvalue weighted by molar-refractivity contribution is -0.130. The van der Waals surface area contributed by atoms with Gasteiger partial charge in [0.25, 0.3) is 5.91 Å². The molecule has 1 aromatic heterocycles. The van der Waals surface area contributed by atoms with Gasteiger partial charge in [0.2, 0.25) is 12.3 Å². The molecule has 1 aromatic carbocycles. The summed E-state index contributed by atoms with van der Waals surface area (Å²) in [7, 11) is 3.08. The number of piperazine rings is 1. The molecule has 1 unspecified atom stereocenters. The number of aryl methyl sites for hydroxylation is 2. The summed E-state index contributed by atoms with van der Waals surface area (Å²) in [6, 6.07) is 6.30. The number of aliphatic hydroxyl groups excluding tert-OH is 3. The fourth-order valence-corrected chi connectivity index (χ4v) is 3.82. The Morgan fingerprint density at radius 2 is 1.49 bits per heavy atom. The van der Waals surface area contributed by atoms with E-state index in [1.54, 1.807) is 39.8 Å². The van der Waals surface area contributed by atoms with Crippen molar-refractivity contribution in [1.29, 1.82) is 0 Å². The van der Waals surface area contributed by atoms with Crippen LogP contribution in [0, 0.1) is 19.7 Å². The molecule has 3 heterocycles. The molecule has 2 aromatic rings. The zero-order valence-electron chi connectivity index (χ0n) is 32.7. The van der Waals surface area contributed by atoms with Crippen molar-refractivity contribution in [3.8, 4) is 0 Å². The summed E-state index contributed by atoms with van der Waals surface area (Å²) in [6.07, 6.45) is 2.53. The van der Waals surface area contributed by atoms with Gasteiger partial charge in [-0.15, -0.1) is 0 Å². The van der Waals surface area contributed by atoms with Crippen molar-refractivity contribution in [1.82, 2.24) is 20.1 Å². The second-order valence-electron chi connectivity index (χ2n) is 10.4. The Hall–Kier alpha value is -3.58. The minimum Gasteiger partial charge on any atom is -0.400 e. The Morgan fingerprint density at radius 3 is 1.90 bits per heavy atom. The highest BCUT2D eigenvalue weighted by Gasteiger charge is 2.24. The minimum atomic E-state index is -0.347. The number of aliphatic hydroxyl groups is 3. The van der Waals surface area contributed by atoms with Crippen LogP contribution in [0.2, 0.25) is 0 Å². The predicted octanol–water partition coefficient (Wildman–Crippen LogP) is 5.62. The van der Waals surface area contributed by atoms with Gasteiger partial charge in [-0.05, 0) is 84.0 Å². The number of benzene rings is 1. The van der Waals surface area contributed by atoms with E-state index in [-0.39, 0.29) is 29.8 Å². The monoisotopic (exact) mass is 698 g/mol. The van der Waals surface area contributed by atoms with Gasteiger partial charge in [-0.25, -0.2) is 4.39 Å². The van der Waals surface area contributed by atoms with Crippen LogP contribution in [-0.4, -0.2) is 107 Å². The molecule has 2 aliphatic heterocycles. The maximum Gasteiger partial charge on any atom is 0.256 e. The van der Waals surface area contributed by atoms with E-state index in [0.29, 0.717) is 36.2 Å². The molecule has 1 fully saturated rings. The van der Waals surface area contributed by atoms with E-state index < -0.39 is 0 Å². The summed E-state index contributed by atoms with van der Waals surface area (Å²) >= 11 is 0. The highest BCUT2D eigenvalue weighted by molar-refractivity contribution is 6.34. The number of likely N-dealkylation sites (N-methyl/N-ethyl adjacent to an activating group) is 1. The van der Waals surface area contributed by atoms with Crippen molar-refractivity contribution in [2.75, 3.05) is 52.2 Å². The van der Waals surface area contributed by atoms with Gasteiger partial charge in [-0.1, -0.05) is 41.5 Å². The van der Waals surface area contributed by atoms with Crippen molar-refractivity contribution in [2.45, 2.75) is 102 Å². The maximum atomic E-state index is 13.3. The highest BCUT2D eigenvalue weighted by Crippen LogP contribution is 2.33. The molecule has 12 heteroatoms. The molecule has 11 nitrogen and oxygen atoms in total. The fraction of sp³-hybridized carbons (Fsp3) is 0.595. The Bertz CT molecular complexity index is 1160. The first-order valence-electron chi connectivity index (χ1n) is 17.2. The third kappa shape index (κ3) is 25.1. The van der Waals surface area contributed by atoms with Gasteiger partial charge in [-0.2, -0.15) is 0 Å². The molecule has 0 spiro atoms. The number of carbonyl (C=O) groups is 3. The first kappa shape index (κ1) is 52.2. The number of hydrogen-bond acceptors (Lipinski definition) is 7. The molecule has 49 heavy (non-hydrogen) atoms. The van der Waals surface area contributed by atoms with Gasteiger partial charge >= 0.3 is 0 Å². The molecule has 0 aliphatic carbocycles. The molecule has 4 rings (SSSR count). The Labute approximate surface area is 296 Å². The molecule has 6 N–H and O–H groups in total. The lowest BCUT2D eigenvalue weighted by Gasteiger charge is -2.31. The van der Waals surface area contributed by atoms with Crippen molar-refractivity contribution >= 4 is 35.6 Å². The lowest BCUT2D eigenvalue weighted by atomic mass is 10.1. The van der Waals surface area contributed by atoms with Gasteiger partial charge in [0, 0.05) is 75.5 Å². The minimum absolute atomic E-state index is 0.167. The van der Waals surface area contributed by atoms with Crippen LogP contribution in [0.3, 0.4) is 0 Å². The van der Waals surface area contributed by atoms with Crippen molar-refractivity contribution in [3.05, 3.63) is 52.6 Å². The number of fused-ring (bicyclic) bond motifs is 1. The standard InChI is InChI=1S/C15H13FN2O.C7H14N2O.C5H11NO2.C3H8O.3C2H6.CH4O/c1-8-5-9(2)17-14(8)7-12-11-6-10(16)3-4-13(11)18-15(12)19;1-7(10)9-5-3-8(2)4-6-9;1-5(8)2-3-6-4-7;1-3(2)4;4*1-2/h3-7,17H,1-2H3,(H,18,19);3-6H2,1-2H3;4-5,8H,2-3H2,1H3,(H,6,7);3-4H,1-2H3;3*1-2H3;2H,1H3/b12-7-;;;;;;;. The normalized spacial score (nSPS) is 13.7. The zero-order chi connectivity index (χ0) is 39.1. The second-order valence-corrected chi connectivity index (χ2v) is 10.4. The van der Waals surface area contributed by atoms with Crippen LogP contribution in [0.25, 0.3) is 11.6 Å². The number of rotatable bonds is 5. The quantitative estimate of drug-likeness (QED) is 0.134. The molecule has 1 atom stereocenters. The zero-order valence-corrected chi connectivity index (χ0v) is 32.7. The maximum absolute atomic E-state index is 13.3. The number of anilines is 1. The topological polar surface area (TPSA) is 158 Å². The summed E-state index contributed by atoms with van der Waals surface area (Å²) < 4.78 is 13.3. The van der Waals surface area contributed by atoms with Crippen molar-refractivity contribution in [3.63, 3.8) is 0 Å². The lowest BCUT2D eigenvalue weighted by Crippen LogP contribution is -2.46. The van der Waals surface area contributed by atoms with Crippen LogP contribution in [-0.2, 0) is 14.4 Å². The molecular weight excluding hydrogens is 629 g/mol. The Morgan fingerprint density at radius 1 is 0.980 bits per heavy atom. The number of hydrogen-bond donors (Lipinski definition) is 6. The van der Waals surface area contributed by atoms with Gasteiger partial charge < -0.3 is 40.7 Å². The van der Waals surface area contributed by atoms with Crippen LogP contribution < -0.4 is 10.6 Å². The van der Waals surface area contributed by atoms with Gasteiger partial charge in [-0.3, -0.25) is 14.4 Å². The average molecular weight is 698 g/mol. The van der Waals surface area contributed by atoms with E-state index >= 15 is 0 Å². The van der Waals surface area contributed by atoms with E-state index in [1.807, 2.05) is 66.4 Å². The van der Waals surface area contributed by atoms with Gasteiger partial charge in [0.1, 0.15) is 5.82 Å². The van der Waals surface area contributed by atoms with Crippen LogP contribution in [0.4, 0.5) is 10.1 Å². The summed E-state index contributed by atoms with van der Waals surface area (Å²) in [5, 5.41) is 28.9. The second kappa shape index (κ2) is 32.9. The molecule has 0 saturated carbocycles. The number of nitrogens with zero attached hydrogens (tertiary/aromatic N) is 2. The van der Waals surface area contributed by atoms with Crippen LogP contribution in [0.15, 0.2) is 24.3 Å². The highest BCUT2D eigenvalue weighted by atomic mass is 19.1. The molecular formula is C37H68FN5O6. The third-order valence-electron chi connectivity index (χ3n) is 5.98. The van der Waals surface area contributed by atoms with Crippen LogP contribution in [0.1, 0.15) is 98.2 Å². The van der Waals surface area contributed by atoms with E-state index in [0.717, 1.165) is 50.2 Å². The van der Waals surface area contributed by atoms with Gasteiger partial charge in [0.05, 0.1) is 11.7 Å². The molecule has 284 valence electrons. The van der Waals surface area contributed by atoms with Crippen molar-refractivity contribution in [2.24, 2.45) is 0 Å². The van der Waals surface area contributed by atoms with Crippen LogP contribution in [0.5, 0.6) is 0 Å². The number of aromatic amines is 1. The molecule has 0 radical (unpaired) electrons. The summed E-state index contributed by atoms with van der Waals surface area (Å²) in [5.41, 5.74) is 4.71. The van der Waals surface area contributed by atoms with Gasteiger partial charge in [0.15, 0.2) is 0 Å². The smallest absolute Gasteiger partial charge is 0.256 e. The summed E-state index contributed by atoms with van der Waals surface area (Å²) in [6.45, 7) is 27.1. The van der Waals surface area contributed by atoms with Crippen molar-refractivity contribution < 1.29 is 34.1 Å². The number of nitrogens with one attached hydrogen (secondary N) is 3. The van der Waals surface area contributed by atoms with E-state index in [2.05, 4.69) is 27.6 Å². The molecule has 1 saturated heterocycles. The first-order chi connectivity index (χ1) is 23.2. The number of aromatic nitrogens is 1. The summed E-state index contributed by atoms with van der Waals surface area (Å²) in [4.78, 5) is 39.7. The molecule has 3 amide bonds. The van der Waals surface area contributed by atoms with Crippen LogP contribution >= 0.6 is 0 Å². The Balaban J connectivity index is -0.000000288. The third-order valence-corrected chi connectivity index (χ3v) is 5.98. The van der Waals surface area contributed by atoms with E-state index in [9.17, 15) is 18.8 Å². The first-order valence-corrected chi connectivity index (χ1v) is 17.2. The molecule has 0 bridgehead atoms. The number of H-pyrrole nitrogens is 1. The number of amides is 3. The van der Waals surface area contributed by atoms with E-state index in [4.69, 9.17) is 15.3 Å².